The molecule has 1 aliphatic rings. The molecule has 27 heavy (non-hydrogen) atoms. The van der Waals surface area contributed by atoms with Gasteiger partial charge in [0, 0.05) is 37.8 Å². The minimum Gasteiger partial charge on any atom is -0.346 e. The van der Waals surface area contributed by atoms with Crippen molar-refractivity contribution in [3.63, 3.8) is 0 Å². The van der Waals surface area contributed by atoms with E-state index in [0.29, 0.717) is 0 Å². The quantitative estimate of drug-likeness (QED) is 0.727. The Morgan fingerprint density at radius 1 is 0.852 bits per heavy atom. The van der Waals surface area contributed by atoms with Gasteiger partial charge < -0.3 is 10.3 Å². The first-order valence-corrected chi connectivity index (χ1v) is 9.82. The third-order valence-electron chi connectivity index (χ3n) is 5.50. The van der Waals surface area contributed by atoms with Gasteiger partial charge in [0.15, 0.2) is 0 Å². The largest absolute Gasteiger partial charge is 0.346 e. The Morgan fingerprint density at radius 2 is 1.41 bits per heavy atom. The molecule has 0 bridgehead atoms. The maximum atomic E-state index is 4.94. The van der Waals surface area contributed by atoms with Gasteiger partial charge >= 0.3 is 0 Å². The number of imidazole rings is 1. The van der Waals surface area contributed by atoms with Crippen LogP contribution in [0.4, 0.5) is 0 Å². The normalized spacial score (nSPS) is 16.6. The fraction of sp³-hybridized carbons (Fsp3) is 0.348. The monoisotopic (exact) mass is 360 g/mol. The van der Waals surface area contributed by atoms with Crippen molar-refractivity contribution >= 4 is 0 Å². The zero-order chi connectivity index (χ0) is 18.6. The molecule has 1 aromatic heterocycles. The van der Waals surface area contributed by atoms with E-state index in [1.807, 2.05) is 6.92 Å². The highest BCUT2D eigenvalue weighted by molar-refractivity contribution is 5.37. The first kappa shape index (κ1) is 18.0. The average Bonchev–Trinajstić information content (AvgIpc) is 3.05. The van der Waals surface area contributed by atoms with Crippen LogP contribution in [0, 0.1) is 13.8 Å². The first-order chi connectivity index (χ1) is 13.2. The van der Waals surface area contributed by atoms with Gasteiger partial charge in [0.25, 0.3) is 0 Å². The molecular weight excluding hydrogens is 332 g/mol. The number of piperazine rings is 1. The minimum atomic E-state index is 0.210. The second-order valence-electron chi connectivity index (χ2n) is 7.36. The van der Waals surface area contributed by atoms with E-state index in [1.165, 1.54) is 22.5 Å². The number of aryl methyl sites for hydroxylation is 2. The minimum absolute atomic E-state index is 0.210. The number of aromatic amines is 1. The van der Waals surface area contributed by atoms with Gasteiger partial charge in [0.05, 0.1) is 11.7 Å². The van der Waals surface area contributed by atoms with Gasteiger partial charge in [-0.2, -0.15) is 0 Å². The fourth-order valence-electron chi connectivity index (χ4n) is 4.30. The summed E-state index contributed by atoms with van der Waals surface area (Å²) >= 11 is 0. The standard InChI is InChI=1S/C23H28N4/c1-17-22(26-18(2)25-17)23(27-15-13-24-14-16-27)21(19-9-5-3-6-10-19)20-11-7-4-8-12-20/h3-12,21,23-24H,13-16H2,1-2H3,(H,25,26). The number of rotatable bonds is 5. The van der Waals surface area contributed by atoms with Gasteiger partial charge in [-0.1, -0.05) is 60.7 Å². The molecule has 0 radical (unpaired) electrons. The average molecular weight is 361 g/mol. The molecule has 0 spiro atoms. The molecule has 4 rings (SSSR count). The topological polar surface area (TPSA) is 44.0 Å². The lowest BCUT2D eigenvalue weighted by Gasteiger charge is -2.39. The lowest BCUT2D eigenvalue weighted by Crippen LogP contribution is -2.47. The lowest BCUT2D eigenvalue weighted by molar-refractivity contribution is 0.156. The molecule has 0 amide bonds. The van der Waals surface area contributed by atoms with Gasteiger partial charge in [-0.25, -0.2) is 4.98 Å². The van der Waals surface area contributed by atoms with E-state index in [4.69, 9.17) is 4.98 Å². The summed E-state index contributed by atoms with van der Waals surface area (Å²) < 4.78 is 0. The van der Waals surface area contributed by atoms with E-state index < -0.39 is 0 Å². The summed E-state index contributed by atoms with van der Waals surface area (Å²) in [6.07, 6.45) is 0. The maximum absolute atomic E-state index is 4.94. The number of aromatic nitrogens is 2. The summed E-state index contributed by atoms with van der Waals surface area (Å²) in [5.74, 6) is 1.23. The molecule has 1 aliphatic heterocycles. The Labute approximate surface area is 161 Å². The van der Waals surface area contributed by atoms with E-state index in [-0.39, 0.29) is 12.0 Å². The molecule has 4 nitrogen and oxygen atoms in total. The number of nitrogens with zero attached hydrogens (tertiary/aromatic N) is 2. The predicted molar refractivity (Wildman–Crippen MR) is 110 cm³/mol. The second-order valence-corrected chi connectivity index (χ2v) is 7.36. The molecule has 1 atom stereocenters. The molecule has 2 aromatic carbocycles. The van der Waals surface area contributed by atoms with E-state index in [0.717, 1.165) is 32.0 Å². The van der Waals surface area contributed by atoms with Crippen LogP contribution < -0.4 is 5.32 Å². The number of hydrogen-bond donors (Lipinski definition) is 2. The van der Waals surface area contributed by atoms with Crippen molar-refractivity contribution in [3.8, 4) is 0 Å². The Kier molecular flexibility index (Phi) is 5.37. The number of hydrogen-bond acceptors (Lipinski definition) is 3. The van der Waals surface area contributed by atoms with Crippen LogP contribution in [0.1, 0.15) is 40.3 Å². The summed E-state index contributed by atoms with van der Waals surface area (Å²) in [6, 6.07) is 22.0. The summed E-state index contributed by atoms with van der Waals surface area (Å²) in [5, 5.41) is 3.49. The zero-order valence-corrected chi connectivity index (χ0v) is 16.2. The van der Waals surface area contributed by atoms with Gasteiger partial charge in [-0.05, 0) is 25.0 Å². The predicted octanol–water partition coefficient (Wildman–Crippen LogP) is 3.80. The smallest absolute Gasteiger partial charge is 0.103 e. The van der Waals surface area contributed by atoms with Crippen LogP contribution in [0.3, 0.4) is 0 Å². The van der Waals surface area contributed by atoms with Crippen molar-refractivity contribution in [2.45, 2.75) is 25.8 Å². The highest BCUT2D eigenvalue weighted by atomic mass is 15.2. The van der Waals surface area contributed by atoms with E-state index in [1.54, 1.807) is 0 Å². The molecule has 2 N–H and O–H groups in total. The Hall–Kier alpha value is -2.43. The molecule has 3 aromatic rings. The van der Waals surface area contributed by atoms with Crippen LogP contribution in [0.25, 0.3) is 0 Å². The summed E-state index contributed by atoms with van der Waals surface area (Å²) in [4.78, 5) is 11.0. The van der Waals surface area contributed by atoms with Gasteiger partial charge in [-0.3, -0.25) is 4.90 Å². The third-order valence-corrected chi connectivity index (χ3v) is 5.50. The number of benzene rings is 2. The molecule has 1 saturated heterocycles. The van der Waals surface area contributed by atoms with Crippen molar-refractivity contribution in [1.29, 1.82) is 0 Å². The van der Waals surface area contributed by atoms with Crippen molar-refractivity contribution in [3.05, 3.63) is 89.0 Å². The van der Waals surface area contributed by atoms with Crippen LogP contribution in [-0.2, 0) is 0 Å². The van der Waals surface area contributed by atoms with Crippen LogP contribution >= 0.6 is 0 Å². The van der Waals surface area contributed by atoms with Gasteiger partial charge in [0.1, 0.15) is 5.82 Å². The highest BCUT2D eigenvalue weighted by Gasteiger charge is 2.34. The number of nitrogens with one attached hydrogen (secondary N) is 2. The third kappa shape index (κ3) is 3.82. The van der Waals surface area contributed by atoms with Crippen LogP contribution in [0.5, 0.6) is 0 Å². The maximum Gasteiger partial charge on any atom is 0.103 e. The van der Waals surface area contributed by atoms with Crippen LogP contribution in [-0.4, -0.2) is 41.0 Å². The SMILES string of the molecule is Cc1nc(C(C(c2ccccc2)c2ccccc2)N2CCNCC2)c(C)[nH]1. The van der Waals surface area contributed by atoms with Crippen molar-refractivity contribution in [2.24, 2.45) is 0 Å². The van der Waals surface area contributed by atoms with Gasteiger partial charge in [0.2, 0.25) is 0 Å². The molecular formula is C23H28N4. The van der Waals surface area contributed by atoms with Crippen LogP contribution in [0.15, 0.2) is 60.7 Å². The zero-order valence-electron chi connectivity index (χ0n) is 16.2. The molecule has 140 valence electrons. The molecule has 2 heterocycles. The number of H-pyrrole nitrogens is 1. The highest BCUT2D eigenvalue weighted by Crippen LogP contribution is 2.41. The molecule has 0 aliphatic carbocycles. The van der Waals surface area contributed by atoms with E-state index in [2.05, 4.69) is 82.8 Å². The molecule has 1 fully saturated rings. The lowest BCUT2D eigenvalue weighted by atomic mass is 9.82. The molecule has 1 unspecified atom stereocenters. The van der Waals surface area contributed by atoms with Crippen molar-refractivity contribution in [1.82, 2.24) is 20.2 Å². The van der Waals surface area contributed by atoms with Crippen LogP contribution in [0.2, 0.25) is 0 Å². The van der Waals surface area contributed by atoms with Gasteiger partial charge in [-0.15, -0.1) is 0 Å². The molecule has 4 heteroatoms. The summed E-state index contributed by atoms with van der Waals surface area (Å²) in [5.41, 5.74) is 5.03. The summed E-state index contributed by atoms with van der Waals surface area (Å²) in [6.45, 7) is 8.31. The first-order valence-electron chi connectivity index (χ1n) is 9.82. The Bertz CT molecular complexity index is 811. The van der Waals surface area contributed by atoms with E-state index >= 15 is 0 Å². The Balaban J connectivity index is 1.87. The fourth-order valence-corrected chi connectivity index (χ4v) is 4.30. The second kappa shape index (κ2) is 8.07. The van der Waals surface area contributed by atoms with Crippen molar-refractivity contribution < 1.29 is 0 Å². The molecule has 0 saturated carbocycles. The summed E-state index contributed by atoms with van der Waals surface area (Å²) in [7, 11) is 0. The van der Waals surface area contributed by atoms with E-state index in [9.17, 15) is 0 Å². The van der Waals surface area contributed by atoms with Crippen molar-refractivity contribution in [2.75, 3.05) is 26.2 Å². The Morgan fingerprint density at radius 3 is 1.89 bits per heavy atom.